The molecule has 0 spiro atoms. The summed E-state index contributed by atoms with van der Waals surface area (Å²) in [6.07, 6.45) is 0. The van der Waals surface area contributed by atoms with E-state index in [0.29, 0.717) is 5.96 Å². The minimum Gasteiger partial charge on any atom is -0.494 e. The summed E-state index contributed by atoms with van der Waals surface area (Å²) in [6, 6.07) is 11.8. The Kier molecular flexibility index (Phi) is 4.42. The summed E-state index contributed by atoms with van der Waals surface area (Å²) >= 11 is 8.48. The van der Waals surface area contributed by atoms with E-state index in [1.54, 1.807) is 7.11 Å². The number of nitrogens with one attached hydrogen (secondary N) is 2. The molecule has 2 aromatic rings. The molecule has 1 aliphatic heterocycles. The van der Waals surface area contributed by atoms with Crippen molar-refractivity contribution in [3.05, 3.63) is 45.3 Å². The highest BCUT2D eigenvalue weighted by molar-refractivity contribution is 9.10. The fraction of sp³-hybridized carbons (Fsp3) is 0.0714. The number of fused-ring (bicyclic) bond motifs is 1. The van der Waals surface area contributed by atoms with Crippen LogP contribution in [0.15, 0.2) is 55.2 Å². The van der Waals surface area contributed by atoms with E-state index in [1.165, 1.54) is 11.9 Å². The number of benzene rings is 2. The van der Waals surface area contributed by atoms with Crippen LogP contribution in [0.3, 0.4) is 0 Å². The molecule has 1 aliphatic rings. The number of nitrogens with zero attached hydrogens (tertiary/aromatic N) is 1. The lowest BCUT2D eigenvalue weighted by molar-refractivity contribution is 0.415. The summed E-state index contributed by atoms with van der Waals surface area (Å²) in [5.41, 5.74) is 1.77. The van der Waals surface area contributed by atoms with E-state index in [2.05, 4.69) is 46.9 Å². The zero-order valence-electron chi connectivity index (χ0n) is 11.0. The van der Waals surface area contributed by atoms with Crippen molar-refractivity contribution in [2.75, 3.05) is 12.4 Å². The molecule has 0 aliphatic carbocycles. The molecule has 0 atom stereocenters. The van der Waals surface area contributed by atoms with Gasteiger partial charge in [-0.1, -0.05) is 28.1 Å². The monoisotopic (exact) mass is 427 g/mol. The van der Waals surface area contributed by atoms with Crippen LogP contribution >= 0.6 is 43.8 Å². The van der Waals surface area contributed by atoms with Crippen LogP contribution in [0.1, 0.15) is 0 Å². The van der Waals surface area contributed by atoms with E-state index >= 15 is 0 Å². The van der Waals surface area contributed by atoms with Gasteiger partial charge in [0.1, 0.15) is 11.4 Å². The van der Waals surface area contributed by atoms with E-state index < -0.39 is 0 Å². The first-order chi connectivity index (χ1) is 10.2. The molecule has 21 heavy (non-hydrogen) atoms. The van der Waals surface area contributed by atoms with Gasteiger partial charge in [0, 0.05) is 8.95 Å². The number of anilines is 1. The number of methoxy groups -OCH3 is 1. The Labute approximate surface area is 143 Å². The van der Waals surface area contributed by atoms with Crippen LogP contribution in [0.25, 0.3) is 0 Å². The lowest BCUT2D eigenvalue weighted by Crippen LogP contribution is -2.27. The Hall–Kier alpha value is -1.18. The van der Waals surface area contributed by atoms with Crippen LogP contribution in [0.4, 0.5) is 11.4 Å². The maximum Gasteiger partial charge on any atom is 0.211 e. The minimum atomic E-state index is 0.667. The summed E-state index contributed by atoms with van der Waals surface area (Å²) in [7, 11) is 1.64. The molecule has 0 saturated heterocycles. The van der Waals surface area contributed by atoms with Gasteiger partial charge in [-0.2, -0.15) is 0 Å². The van der Waals surface area contributed by atoms with Crippen LogP contribution in [-0.2, 0) is 0 Å². The van der Waals surface area contributed by atoms with Gasteiger partial charge in [0.2, 0.25) is 5.96 Å². The van der Waals surface area contributed by atoms with Crippen molar-refractivity contribution in [3.8, 4) is 5.75 Å². The van der Waals surface area contributed by atoms with Crippen molar-refractivity contribution in [3.63, 3.8) is 0 Å². The maximum atomic E-state index is 5.40. The Morgan fingerprint density at radius 3 is 2.81 bits per heavy atom. The number of aliphatic imine (C=N–C) groups is 1. The summed E-state index contributed by atoms with van der Waals surface area (Å²) in [6.45, 7) is 0. The van der Waals surface area contributed by atoms with Gasteiger partial charge in [-0.25, -0.2) is 4.99 Å². The molecule has 0 radical (unpaired) electrons. The second-order valence-corrected chi connectivity index (χ2v) is 6.84. The molecule has 108 valence electrons. The van der Waals surface area contributed by atoms with Gasteiger partial charge in [-0.3, -0.25) is 4.72 Å². The molecule has 2 aromatic carbocycles. The van der Waals surface area contributed by atoms with E-state index in [1.807, 2.05) is 36.4 Å². The number of ether oxygens (including phenoxy) is 1. The highest BCUT2D eigenvalue weighted by Crippen LogP contribution is 2.41. The maximum absolute atomic E-state index is 5.40. The van der Waals surface area contributed by atoms with Gasteiger partial charge in [-0.15, -0.1) is 0 Å². The Bertz CT molecular complexity index is 721. The molecular weight excluding hydrogens is 418 g/mol. The smallest absolute Gasteiger partial charge is 0.211 e. The molecule has 2 N–H and O–H groups in total. The van der Waals surface area contributed by atoms with Crippen molar-refractivity contribution in [1.29, 1.82) is 0 Å². The molecule has 0 unspecified atom stereocenters. The first-order valence-electron chi connectivity index (χ1n) is 6.08. The SMILES string of the molecule is COc1cc(Br)cc2c1N=C(Nc1ccccc1Br)NS2. The standard InChI is InChI=1S/C14H11Br2N3OS/c1-20-11-6-8(15)7-12-13(11)18-14(19-21-12)17-10-5-3-2-4-9(10)16/h2-7H,1H3,(H2,17,18,19). The molecule has 7 heteroatoms. The number of rotatable bonds is 2. The fourth-order valence-corrected chi connectivity index (χ4v) is 3.58. The van der Waals surface area contributed by atoms with Crippen LogP contribution in [0.5, 0.6) is 5.75 Å². The van der Waals surface area contributed by atoms with Gasteiger partial charge in [0.25, 0.3) is 0 Å². The summed E-state index contributed by atoms with van der Waals surface area (Å²) in [5.74, 6) is 1.40. The molecule has 0 saturated carbocycles. The first kappa shape index (κ1) is 14.7. The molecule has 0 fully saturated rings. The van der Waals surface area contributed by atoms with Crippen molar-refractivity contribution in [1.82, 2.24) is 4.72 Å². The second kappa shape index (κ2) is 6.29. The summed E-state index contributed by atoms with van der Waals surface area (Å²) < 4.78 is 10.5. The number of halogens is 2. The van der Waals surface area contributed by atoms with Crippen LogP contribution in [0, 0.1) is 0 Å². The van der Waals surface area contributed by atoms with Gasteiger partial charge in [0.15, 0.2) is 0 Å². The van der Waals surface area contributed by atoms with Crippen molar-refractivity contribution >= 4 is 61.1 Å². The zero-order chi connectivity index (χ0) is 14.8. The minimum absolute atomic E-state index is 0.667. The van der Waals surface area contributed by atoms with E-state index in [-0.39, 0.29) is 0 Å². The third-order valence-electron chi connectivity index (χ3n) is 2.83. The molecule has 0 bridgehead atoms. The highest BCUT2D eigenvalue weighted by atomic mass is 79.9. The average molecular weight is 429 g/mol. The number of guanidine groups is 1. The largest absolute Gasteiger partial charge is 0.494 e. The molecule has 1 heterocycles. The van der Waals surface area contributed by atoms with Gasteiger partial charge < -0.3 is 10.1 Å². The lowest BCUT2D eigenvalue weighted by atomic mass is 10.3. The Balaban J connectivity index is 1.95. The summed E-state index contributed by atoms with van der Waals surface area (Å²) in [5, 5.41) is 3.26. The molecule has 0 aromatic heterocycles. The van der Waals surface area contributed by atoms with Crippen LogP contribution in [0.2, 0.25) is 0 Å². The predicted octanol–water partition coefficient (Wildman–Crippen LogP) is 4.93. The average Bonchev–Trinajstić information content (AvgIpc) is 2.49. The predicted molar refractivity (Wildman–Crippen MR) is 94.5 cm³/mol. The zero-order valence-corrected chi connectivity index (χ0v) is 15.0. The van der Waals surface area contributed by atoms with Crippen molar-refractivity contribution in [2.24, 2.45) is 4.99 Å². The molecule has 4 nitrogen and oxygen atoms in total. The molecule has 3 rings (SSSR count). The van der Waals surface area contributed by atoms with Crippen LogP contribution in [-0.4, -0.2) is 13.1 Å². The summed E-state index contributed by atoms with van der Waals surface area (Å²) in [4.78, 5) is 5.61. The number of hydrogen-bond donors (Lipinski definition) is 2. The lowest BCUT2D eigenvalue weighted by Gasteiger charge is -2.20. The first-order valence-corrected chi connectivity index (χ1v) is 8.48. The van der Waals surface area contributed by atoms with Crippen molar-refractivity contribution < 1.29 is 4.74 Å². The topological polar surface area (TPSA) is 45.6 Å². The fourth-order valence-electron chi connectivity index (χ4n) is 1.88. The van der Waals surface area contributed by atoms with E-state index in [4.69, 9.17) is 4.74 Å². The third-order valence-corrected chi connectivity index (χ3v) is 4.81. The van der Waals surface area contributed by atoms with Crippen LogP contribution < -0.4 is 14.8 Å². The molecule has 0 amide bonds. The Morgan fingerprint density at radius 2 is 2.05 bits per heavy atom. The quantitative estimate of drug-likeness (QED) is 0.665. The van der Waals surface area contributed by atoms with Crippen molar-refractivity contribution in [2.45, 2.75) is 4.90 Å². The second-order valence-electron chi connectivity index (χ2n) is 4.22. The Morgan fingerprint density at radius 1 is 1.24 bits per heavy atom. The van der Waals surface area contributed by atoms with Gasteiger partial charge in [-0.05, 0) is 52.1 Å². The van der Waals surface area contributed by atoms with E-state index in [0.717, 1.165) is 31.0 Å². The highest BCUT2D eigenvalue weighted by Gasteiger charge is 2.18. The normalized spacial score (nSPS) is 13.0. The van der Waals surface area contributed by atoms with Gasteiger partial charge >= 0.3 is 0 Å². The number of hydrogen-bond acceptors (Lipinski definition) is 5. The van der Waals surface area contributed by atoms with Gasteiger partial charge in [0.05, 0.1) is 17.7 Å². The molecular formula is C14H11Br2N3OS. The van der Waals surface area contributed by atoms with E-state index in [9.17, 15) is 0 Å². The third kappa shape index (κ3) is 3.20. The number of para-hydroxylation sites is 1.